The largest absolute Gasteiger partial charge is 0.494 e. The number of carbonyl (C=O) groups excluding carboxylic acids is 1. The topological polar surface area (TPSA) is 42.0 Å². The molecule has 8 heteroatoms. The predicted octanol–water partition coefficient (Wildman–Crippen LogP) is 4.43. The Labute approximate surface area is 174 Å². The fourth-order valence-corrected chi connectivity index (χ4v) is 3.47. The molecule has 0 aliphatic carbocycles. The number of para-hydroxylation sites is 1. The maximum atomic E-state index is 12.9. The van der Waals surface area contributed by atoms with Gasteiger partial charge in [-0.1, -0.05) is 30.3 Å². The van der Waals surface area contributed by atoms with Gasteiger partial charge < -0.3 is 19.3 Å². The van der Waals surface area contributed by atoms with Crippen LogP contribution >= 0.6 is 0 Å². The minimum atomic E-state index is -4.37. The number of hydrogen-bond donors (Lipinski definition) is 0. The summed E-state index contributed by atoms with van der Waals surface area (Å²) in [6.07, 6.45) is -3.73. The molecule has 2 amide bonds. The quantitative estimate of drug-likeness (QED) is 0.601. The van der Waals surface area contributed by atoms with Crippen LogP contribution in [0.5, 0.6) is 5.75 Å². The Balaban J connectivity index is 1.61. The number of methoxy groups -OCH3 is 1. The normalized spacial score (nSPS) is 16.9. The molecule has 0 radical (unpaired) electrons. The standard InChI is InChI=1S/C22H25F3N2O3/c1-29-14-12-27-19(11-13-30-20-5-3-2-4-6-20)16-26(21(27)28)15-17-7-9-18(10-8-17)22(23,24)25/h2-10,19H,11-16H2,1H3. The van der Waals surface area contributed by atoms with Gasteiger partial charge in [-0.15, -0.1) is 0 Å². The molecule has 1 heterocycles. The molecule has 162 valence electrons. The van der Waals surface area contributed by atoms with Crippen molar-refractivity contribution in [2.75, 3.05) is 33.4 Å². The molecule has 1 aliphatic heterocycles. The van der Waals surface area contributed by atoms with Crippen LogP contribution in [0, 0.1) is 0 Å². The number of urea groups is 1. The first-order chi connectivity index (χ1) is 14.4. The molecule has 0 bridgehead atoms. The Bertz CT molecular complexity index is 813. The van der Waals surface area contributed by atoms with Gasteiger partial charge in [0.1, 0.15) is 5.75 Å². The van der Waals surface area contributed by atoms with E-state index in [1.807, 2.05) is 30.3 Å². The van der Waals surface area contributed by atoms with Crippen LogP contribution in [0.3, 0.4) is 0 Å². The molecule has 2 aromatic rings. The number of nitrogens with zero attached hydrogens (tertiary/aromatic N) is 2. The lowest BCUT2D eigenvalue weighted by Crippen LogP contribution is -2.38. The fourth-order valence-electron chi connectivity index (χ4n) is 3.47. The molecule has 2 aromatic carbocycles. The number of alkyl halides is 3. The second kappa shape index (κ2) is 9.84. The van der Waals surface area contributed by atoms with Crippen LogP contribution in [0.4, 0.5) is 18.0 Å². The van der Waals surface area contributed by atoms with Crippen molar-refractivity contribution in [2.24, 2.45) is 0 Å². The van der Waals surface area contributed by atoms with Gasteiger partial charge in [-0.2, -0.15) is 13.2 Å². The highest BCUT2D eigenvalue weighted by Crippen LogP contribution is 2.29. The number of ether oxygens (including phenoxy) is 2. The number of carbonyl (C=O) groups is 1. The second-order valence-corrected chi connectivity index (χ2v) is 7.15. The summed E-state index contributed by atoms with van der Waals surface area (Å²) in [5, 5.41) is 0. The summed E-state index contributed by atoms with van der Waals surface area (Å²) >= 11 is 0. The molecule has 1 saturated heterocycles. The van der Waals surface area contributed by atoms with Crippen LogP contribution in [0.25, 0.3) is 0 Å². The summed E-state index contributed by atoms with van der Waals surface area (Å²) in [6.45, 7) is 2.07. The van der Waals surface area contributed by atoms with Gasteiger partial charge in [0.2, 0.25) is 0 Å². The molecule has 5 nitrogen and oxygen atoms in total. The van der Waals surface area contributed by atoms with Gasteiger partial charge in [-0.25, -0.2) is 4.79 Å². The number of amides is 2. The highest BCUT2D eigenvalue weighted by Gasteiger charge is 2.37. The van der Waals surface area contributed by atoms with Crippen LogP contribution in [-0.2, 0) is 17.5 Å². The van der Waals surface area contributed by atoms with Crippen molar-refractivity contribution < 1.29 is 27.4 Å². The fraction of sp³-hybridized carbons (Fsp3) is 0.409. The molecule has 30 heavy (non-hydrogen) atoms. The first-order valence-corrected chi connectivity index (χ1v) is 9.77. The Morgan fingerprint density at radius 3 is 2.37 bits per heavy atom. The smallest absolute Gasteiger partial charge is 0.416 e. The molecular formula is C22H25F3N2O3. The van der Waals surface area contributed by atoms with E-state index in [0.29, 0.717) is 38.3 Å². The second-order valence-electron chi connectivity index (χ2n) is 7.15. The van der Waals surface area contributed by atoms with Crippen LogP contribution in [0.2, 0.25) is 0 Å². The summed E-state index contributed by atoms with van der Waals surface area (Å²) in [6, 6.07) is 14.2. The van der Waals surface area contributed by atoms with E-state index >= 15 is 0 Å². The predicted molar refractivity (Wildman–Crippen MR) is 106 cm³/mol. The Hall–Kier alpha value is -2.74. The van der Waals surface area contributed by atoms with Crippen LogP contribution in [0.1, 0.15) is 17.5 Å². The summed E-state index contributed by atoms with van der Waals surface area (Å²) in [5.74, 6) is 0.770. The number of halogens is 3. The minimum Gasteiger partial charge on any atom is -0.494 e. The van der Waals surface area contributed by atoms with Crippen molar-refractivity contribution in [2.45, 2.75) is 25.2 Å². The van der Waals surface area contributed by atoms with E-state index in [0.717, 1.165) is 17.9 Å². The zero-order valence-electron chi connectivity index (χ0n) is 16.8. The molecule has 0 aromatic heterocycles. The van der Waals surface area contributed by atoms with E-state index < -0.39 is 11.7 Å². The van der Waals surface area contributed by atoms with E-state index in [1.54, 1.807) is 16.9 Å². The molecule has 1 aliphatic rings. The van der Waals surface area contributed by atoms with Crippen molar-refractivity contribution in [3.05, 3.63) is 65.7 Å². The molecule has 1 fully saturated rings. The Morgan fingerprint density at radius 2 is 1.73 bits per heavy atom. The molecular weight excluding hydrogens is 397 g/mol. The van der Waals surface area contributed by atoms with Crippen LogP contribution < -0.4 is 4.74 Å². The third-order valence-electron chi connectivity index (χ3n) is 5.04. The average molecular weight is 422 g/mol. The zero-order valence-corrected chi connectivity index (χ0v) is 16.8. The van der Waals surface area contributed by atoms with Gasteiger partial charge >= 0.3 is 12.2 Å². The number of benzene rings is 2. The third kappa shape index (κ3) is 5.66. The minimum absolute atomic E-state index is 0.0502. The van der Waals surface area contributed by atoms with Gasteiger partial charge in [0.25, 0.3) is 0 Å². The SMILES string of the molecule is COCCN1C(=O)N(Cc2ccc(C(F)(F)F)cc2)CC1CCOc1ccccc1. The molecule has 1 atom stereocenters. The van der Waals surface area contributed by atoms with Crippen molar-refractivity contribution >= 4 is 6.03 Å². The average Bonchev–Trinajstić information content (AvgIpc) is 3.01. The third-order valence-corrected chi connectivity index (χ3v) is 5.04. The summed E-state index contributed by atoms with van der Waals surface area (Å²) in [5.41, 5.74) is -0.0408. The zero-order chi connectivity index (χ0) is 21.6. The molecule has 0 spiro atoms. The van der Waals surface area contributed by atoms with Crippen molar-refractivity contribution in [1.29, 1.82) is 0 Å². The van der Waals surface area contributed by atoms with Gasteiger partial charge in [-0.05, 0) is 29.8 Å². The summed E-state index contributed by atoms with van der Waals surface area (Å²) in [7, 11) is 1.58. The van der Waals surface area contributed by atoms with Crippen LogP contribution in [0.15, 0.2) is 54.6 Å². The number of rotatable bonds is 9. The van der Waals surface area contributed by atoms with Crippen molar-refractivity contribution in [3.8, 4) is 5.75 Å². The number of hydrogen-bond acceptors (Lipinski definition) is 3. The van der Waals surface area contributed by atoms with Gasteiger partial charge in [0.15, 0.2) is 0 Å². The lowest BCUT2D eigenvalue weighted by Gasteiger charge is -2.23. The van der Waals surface area contributed by atoms with E-state index in [-0.39, 0.29) is 18.6 Å². The summed E-state index contributed by atoms with van der Waals surface area (Å²) in [4.78, 5) is 16.3. The lowest BCUT2D eigenvalue weighted by molar-refractivity contribution is -0.137. The molecule has 3 rings (SSSR count). The van der Waals surface area contributed by atoms with Crippen molar-refractivity contribution in [3.63, 3.8) is 0 Å². The van der Waals surface area contributed by atoms with Crippen LogP contribution in [-0.4, -0.2) is 55.3 Å². The Kier molecular flexibility index (Phi) is 7.20. The van der Waals surface area contributed by atoms with Gasteiger partial charge in [-0.3, -0.25) is 0 Å². The van der Waals surface area contributed by atoms with E-state index in [4.69, 9.17) is 9.47 Å². The van der Waals surface area contributed by atoms with Crippen molar-refractivity contribution in [1.82, 2.24) is 9.80 Å². The maximum absolute atomic E-state index is 12.9. The highest BCUT2D eigenvalue weighted by atomic mass is 19.4. The summed E-state index contributed by atoms with van der Waals surface area (Å²) < 4.78 is 49.1. The van der Waals surface area contributed by atoms with Gasteiger partial charge in [0, 0.05) is 33.2 Å². The lowest BCUT2D eigenvalue weighted by atomic mass is 10.1. The highest BCUT2D eigenvalue weighted by molar-refractivity contribution is 5.77. The first kappa shape index (κ1) is 22.0. The van der Waals surface area contributed by atoms with E-state index in [2.05, 4.69) is 0 Å². The first-order valence-electron chi connectivity index (χ1n) is 9.77. The Morgan fingerprint density at radius 1 is 1.03 bits per heavy atom. The van der Waals surface area contributed by atoms with E-state index in [1.165, 1.54) is 12.1 Å². The molecule has 0 saturated carbocycles. The van der Waals surface area contributed by atoms with E-state index in [9.17, 15) is 18.0 Å². The molecule has 1 unspecified atom stereocenters. The van der Waals surface area contributed by atoms with Gasteiger partial charge in [0.05, 0.1) is 24.8 Å². The maximum Gasteiger partial charge on any atom is 0.416 e. The molecule has 0 N–H and O–H groups in total. The monoisotopic (exact) mass is 422 g/mol.